The first-order chi connectivity index (χ1) is 13.5. The molecule has 28 heavy (non-hydrogen) atoms. The number of piperazine rings is 1. The van der Waals surface area contributed by atoms with Crippen molar-refractivity contribution in [1.29, 1.82) is 0 Å². The predicted molar refractivity (Wildman–Crippen MR) is 110 cm³/mol. The highest BCUT2D eigenvalue weighted by molar-refractivity contribution is 6.30. The van der Waals surface area contributed by atoms with E-state index < -0.39 is 0 Å². The average molecular weight is 402 g/mol. The number of carbonyl (C=O) groups is 2. The van der Waals surface area contributed by atoms with Crippen LogP contribution in [-0.4, -0.2) is 56.6 Å². The molecule has 1 aliphatic rings. The lowest BCUT2D eigenvalue weighted by atomic mass is 10.1. The Hall–Kier alpha value is -2.57. The van der Waals surface area contributed by atoms with Crippen LogP contribution in [0.3, 0.4) is 0 Å². The molecule has 1 saturated heterocycles. The maximum Gasteiger partial charge on any atom is 0.337 e. The normalized spacial score (nSPS) is 14.6. The summed E-state index contributed by atoms with van der Waals surface area (Å²) in [4.78, 5) is 28.1. The monoisotopic (exact) mass is 401 g/mol. The van der Waals surface area contributed by atoms with Crippen LogP contribution >= 0.6 is 11.6 Å². The van der Waals surface area contributed by atoms with Crippen molar-refractivity contribution in [1.82, 2.24) is 10.2 Å². The first-order valence-electron chi connectivity index (χ1n) is 9.22. The predicted octanol–water partition coefficient (Wildman–Crippen LogP) is 2.57. The molecule has 2 aromatic carbocycles. The number of nitrogens with zero attached hydrogens (tertiary/aromatic N) is 2. The van der Waals surface area contributed by atoms with Gasteiger partial charge >= 0.3 is 5.97 Å². The average Bonchev–Trinajstić information content (AvgIpc) is 2.72. The number of methoxy groups -OCH3 is 1. The quantitative estimate of drug-likeness (QED) is 0.754. The number of amides is 1. The fourth-order valence-corrected chi connectivity index (χ4v) is 3.36. The van der Waals surface area contributed by atoms with Gasteiger partial charge in [0, 0.05) is 43.4 Å². The third-order valence-electron chi connectivity index (χ3n) is 4.78. The van der Waals surface area contributed by atoms with Gasteiger partial charge in [0.15, 0.2) is 0 Å². The molecule has 0 unspecified atom stereocenters. The molecule has 1 N–H and O–H groups in total. The van der Waals surface area contributed by atoms with Crippen LogP contribution in [0.2, 0.25) is 5.02 Å². The molecule has 3 rings (SSSR count). The van der Waals surface area contributed by atoms with Crippen LogP contribution in [0, 0.1) is 0 Å². The summed E-state index contributed by atoms with van der Waals surface area (Å²) in [5.74, 6) is -0.374. The zero-order valence-electron chi connectivity index (χ0n) is 15.9. The van der Waals surface area contributed by atoms with Gasteiger partial charge in [-0.3, -0.25) is 9.69 Å². The smallest absolute Gasteiger partial charge is 0.337 e. The molecule has 0 spiro atoms. The number of esters is 1. The number of nitrogens with one attached hydrogen (secondary N) is 1. The molecule has 0 bridgehead atoms. The van der Waals surface area contributed by atoms with Crippen LogP contribution in [-0.2, 0) is 16.1 Å². The Morgan fingerprint density at radius 3 is 2.43 bits per heavy atom. The summed E-state index contributed by atoms with van der Waals surface area (Å²) in [6, 6.07) is 14.9. The van der Waals surface area contributed by atoms with Crippen molar-refractivity contribution in [2.75, 3.05) is 44.7 Å². The van der Waals surface area contributed by atoms with Crippen molar-refractivity contribution < 1.29 is 14.3 Å². The minimum absolute atomic E-state index is 0.00625. The Morgan fingerprint density at radius 1 is 1.07 bits per heavy atom. The highest BCUT2D eigenvalue weighted by Crippen LogP contribution is 2.20. The third-order valence-corrected chi connectivity index (χ3v) is 5.01. The summed E-state index contributed by atoms with van der Waals surface area (Å²) < 4.78 is 4.68. The van der Waals surface area contributed by atoms with E-state index in [1.807, 2.05) is 30.3 Å². The molecule has 0 saturated carbocycles. The lowest BCUT2D eigenvalue weighted by Gasteiger charge is -2.35. The van der Waals surface area contributed by atoms with E-state index in [-0.39, 0.29) is 11.9 Å². The van der Waals surface area contributed by atoms with Crippen LogP contribution in [0.1, 0.15) is 15.9 Å². The second kappa shape index (κ2) is 9.57. The van der Waals surface area contributed by atoms with Crippen molar-refractivity contribution in [3.63, 3.8) is 0 Å². The van der Waals surface area contributed by atoms with E-state index in [9.17, 15) is 9.59 Å². The second-order valence-electron chi connectivity index (χ2n) is 6.71. The first-order valence-corrected chi connectivity index (χ1v) is 9.60. The zero-order chi connectivity index (χ0) is 19.9. The van der Waals surface area contributed by atoms with E-state index in [1.165, 1.54) is 7.11 Å². The fraction of sp³-hybridized carbons (Fsp3) is 0.333. The van der Waals surface area contributed by atoms with Crippen molar-refractivity contribution >= 4 is 29.2 Å². The maximum absolute atomic E-state index is 12.2. The molecule has 148 valence electrons. The number of benzene rings is 2. The van der Waals surface area contributed by atoms with Gasteiger partial charge in [0.05, 0.1) is 19.2 Å². The van der Waals surface area contributed by atoms with Gasteiger partial charge in [-0.05, 0) is 35.9 Å². The SMILES string of the molecule is COC(=O)c1ccc(CNC(=O)CN2CCN(c3cccc(Cl)c3)CC2)cc1. The highest BCUT2D eigenvalue weighted by Gasteiger charge is 2.19. The Balaban J connectivity index is 1.41. The molecule has 0 atom stereocenters. The third kappa shape index (κ3) is 5.47. The molecular formula is C21H24ClN3O3. The number of carbonyl (C=O) groups excluding carboxylic acids is 2. The van der Waals surface area contributed by atoms with E-state index in [0.717, 1.165) is 42.5 Å². The van der Waals surface area contributed by atoms with Crippen molar-refractivity contribution in [2.45, 2.75) is 6.54 Å². The van der Waals surface area contributed by atoms with Crippen LogP contribution in [0.5, 0.6) is 0 Å². The van der Waals surface area contributed by atoms with Gasteiger partial charge in [0.1, 0.15) is 0 Å². The lowest BCUT2D eigenvalue weighted by molar-refractivity contribution is -0.122. The molecule has 7 heteroatoms. The molecule has 0 aromatic heterocycles. The number of rotatable bonds is 6. The second-order valence-corrected chi connectivity index (χ2v) is 7.14. The van der Waals surface area contributed by atoms with Crippen LogP contribution in [0.15, 0.2) is 48.5 Å². The molecule has 0 radical (unpaired) electrons. The van der Waals surface area contributed by atoms with E-state index in [0.29, 0.717) is 18.7 Å². The molecule has 1 amide bonds. The molecule has 6 nitrogen and oxygen atoms in total. The molecule has 2 aromatic rings. The standard InChI is InChI=1S/C21H24ClN3O3/c1-28-21(27)17-7-5-16(6-8-17)14-23-20(26)15-24-9-11-25(12-10-24)19-4-2-3-18(22)13-19/h2-8,13H,9-12,14-15H2,1H3,(H,23,26). The zero-order valence-corrected chi connectivity index (χ0v) is 16.6. The fourth-order valence-electron chi connectivity index (χ4n) is 3.17. The van der Waals surface area contributed by atoms with Crippen molar-refractivity contribution in [3.8, 4) is 0 Å². The summed E-state index contributed by atoms with van der Waals surface area (Å²) in [7, 11) is 1.35. The largest absolute Gasteiger partial charge is 0.465 e. The summed E-state index contributed by atoms with van der Waals surface area (Å²) in [6.45, 7) is 4.19. The summed E-state index contributed by atoms with van der Waals surface area (Å²) in [5, 5.41) is 3.67. The summed E-state index contributed by atoms with van der Waals surface area (Å²) in [5.41, 5.74) is 2.55. The molecule has 0 aliphatic carbocycles. The number of ether oxygens (including phenoxy) is 1. The van der Waals surface area contributed by atoms with Gasteiger partial charge < -0.3 is 15.0 Å². The highest BCUT2D eigenvalue weighted by atomic mass is 35.5. The van der Waals surface area contributed by atoms with Gasteiger partial charge in [-0.15, -0.1) is 0 Å². The van der Waals surface area contributed by atoms with E-state index in [1.54, 1.807) is 12.1 Å². The van der Waals surface area contributed by atoms with Crippen molar-refractivity contribution in [2.24, 2.45) is 0 Å². The van der Waals surface area contributed by atoms with Crippen molar-refractivity contribution in [3.05, 3.63) is 64.7 Å². The van der Waals surface area contributed by atoms with Crippen LogP contribution < -0.4 is 10.2 Å². The van der Waals surface area contributed by atoms with Gasteiger partial charge in [-0.2, -0.15) is 0 Å². The number of hydrogen-bond acceptors (Lipinski definition) is 5. The summed E-state index contributed by atoms with van der Waals surface area (Å²) >= 11 is 6.07. The Bertz CT molecular complexity index is 818. The van der Waals surface area contributed by atoms with E-state index in [2.05, 4.69) is 25.9 Å². The molecular weight excluding hydrogens is 378 g/mol. The first kappa shape index (κ1) is 20.2. The minimum atomic E-state index is -0.368. The molecule has 1 aliphatic heterocycles. The Kier molecular flexibility index (Phi) is 6.90. The maximum atomic E-state index is 12.2. The van der Waals surface area contributed by atoms with Gasteiger partial charge in [-0.1, -0.05) is 29.8 Å². The topological polar surface area (TPSA) is 61.9 Å². The van der Waals surface area contributed by atoms with Gasteiger partial charge in [0.25, 0.3) is 0 Å². The number of halogens is 1. The number of hydrogen-bond donors (Lipinski definition) is 1. The van der Waals surface area contributed by atoms with Gasteiger partial charge in [0.2, 0.25) is 5.91 Å². The van der Waals surface area contributed by atoms with Gasteiger partial charge in [-0.25, -0.2) is 4.79 Å². The lowest BCUT2D eigenvalue weighted by Crippen LogP contribution is -2.49. The molecule has 1 heterocycles. The van der Waals surface area contributed by atoms with Crippen LogP contribution in [0.4, 0.5) is 5.69 Å². The Morgan fingerprint density at radius 2 is 1.79 bits per heavy atom. The Labute approximate surface area is 170 Å². The number of anilines is 1. The summed E-state index contributed by atoms with van der Waals surface area (Å²) in [6.07, 6.45) is 0. The van der Waals surface area contributed by atoms with E-state index in [4.69, 9.17) is 11.6 Å². The molecule has 1 fully saturated rings. The van der Waals surface area contributed by atoms with E-state index >= 15 is 0 Å². The minimum Gasteiger partial charge on any atom is -0.465 e. The van der Waals surface area contributed by atoms with Crippen LogP contribution in [0.25, 0.3) is 0 Å².